The highest BCUT2D eigenvalue weighted by Crippen LogP contribution is 2.27. The minimum absolute atomic E-state index is 0.170. The van der Waals surface area contributed by atoms with Crippen LogP contribution >= 0.6 is 0 Å². The van der Waals surface area contributed by atoms with Gasteiger partial charge in [-0.05, 0) is 56.2 Å². The summed E-state index contributed by atoms with van der Waals surface area (Å²) in [5.74, 6) is 0.823. The number of nitrogens with one attached hydrogen (secondary N) is 2. The first-order valence-corrected chi connectivity index (χ1v) is 10.4. The Hall–Kier alpha value is -2.58. The van der Waals surface area contributed by atoms with E-state index in [-0.39, 0.29) is 16.8 Å². The van der Waals surface area contributed by atoms with E-state index in [1.165, 1.54) is 14.2 Å². The Bertz CT molecular complexity index is 909. The number of rotatable bonds is 9. The van der Waals surface area contributed by atoms with Crippen molar-refractivity contribution in [3.05, 3.63) is 53.6 Å². The summed E-state index contributed by atoms with van der Waals surface area (Å²) in [6.07, 6.45) is 0.580. The van der Waals surface area contributed by atoms with Crippen molar-refractivity contribution in [1.29, 1.82) is 0 Å². The second-order valence-corrected chi connectivity index (χ2v) is 8.21. The smallest absolute Gasteiger partial charge is 0.251 e. The van der Waals surface area contributed by atoms with Crippen LogP contribution in [0.3, 0.4) is 0 Å². The van der Waals surface area contributed by atoms with Crippen LogP contribution in [0.5, 0.6) is 11.5 Å². The van der Waals surface area contributed by atoms with Crippen molar-refractivity contribution in [2.75, 3.05) is 20.8 Å². The van der Waals surface area contributed by atoms with E-state index in [0.29, 0.717) is 30.0 Å². The normalized spacial score (nSPS) is 11.3. The summed E-state index contributed by atoms with van der Waals surface area (Å²) in [7, 11) is -0.452. The molecule has 2 aromatic rings. The number of methoxy groups -OCH3 is 2. The number of amides is 1. The Morgan fingerprint density at radius 2 is 1.64 bits per heavy atom. The highest BCUT2D eigenvalue weighted by atomic mass is 32.2. The van der Waals surface area contributed by atoms with E-state index in [9.17, 15) is 13.2 Å². The molecular formula is C20H26N2O5S. The minimum Gasteiger partial charge on any atom is -0.493 e. The molecule has 0 aliphatic heterocycles. The first kappa shape index (κ1) is 21.7. The molecule has 0 saturated heterocycles. The third-order valence-electron chi connectivity index (χ3n) is 3.97. The van der Waals surface area contributed by atoms with E-state index in [1.807, 2.05) is 0 Å². The maximum atomic E-state index is 12.3. The number of carbonyl (C=O) groups is 1. The van der Waals surface area contributed by atoms with Gasteiger partial charge in [-0.3, -0.25) is 4.79 Å². The van der Waals surface area contributed by atoms with Crippen LogP contribution in [0.25, 0.3) is 0 Å². The maximum absolute atomic E-state index is 12.3. The molecule has 0 radical (unpaired) electrons. The van der Waals surface area contributed by atoms with E-state index >= 15 is 0 Å². The fourth-order valence-corrected chi connectivity index (χ4v) is 3.86. The largest absolute Gasteiger partial charge is 0.493 e. The number of hydrogen-bond acceptors (Lipinski definition) is 5. The Morgan fingerprint density at radius 1 is 1.00 bits per heavy atom. The van der Waals surface area contributed by atoms with Crippen molar-refractivity contribution < 1.29 is 22.7 Å². The SMILES string of the molecule is COc1ccc(C(=O)NCCc2ccc(S(=O)(=O)NC(C)C)cc2)cc1OC. The molecular weight excluding hydrogens is 380 g/mol. The van der Waals surface area contributed by atoms with E-state index < -0.39 is 10.0 Å². The van der Waals surface area contributed by atoms with Gasteiger partial charge in [-0.1, -0.05) is 12.1 Å². The lowest BCUT2D eigenvalue weighted by atomic mass is 10.1. The zero-order chi connectivity index (χ0) is 20.7. The predicted molar refractivity (Wildman–Crippen MR) is 107 cm³/mol. The molecule has 0 atom stereocenters. The van der Waals surface area contributed by atoms with Crippen LogP contribution in [0, 0.1) is 0 Å². The summed E-state index contributed by atoms with van der Waals surface area (Å²) < 4.78 is 37.2. The van der Waals surface area contributed by atoms with Crippen LogP contribution in [0.2, 0.25) is 0 Å². The molecule has 2 rings (SSSR count). The first-order chi connectivity index (χ1) is 13.3. The fourth-order valence-electron chi connectivity index (χ4n) is 2.61. The van der Waals surface area contributed by atoms with Gasteiger partial charge in [0.1, 0.15) is 0 Å². The number of sulfonamides is 1. The van der Waals surface area contributed by atoms with Gasteiger partial charge in [-0.25, -0.2) is 13.1 Å². The number of carbonyl (C=O) groups excluding carboxylic acids is 1. The number of ether oxygens (including phenoxy) is 2. The molecule has 8 heteroatoms. The van der Waals surface area contributed by atoms with Crippen molar-refractivity contribution in [1.82, 2.24) is 10.0 Å². The maximum Gasteiger partial charge on any atom is 0.251 e. The van der Waals surface area contributed by atoms with Crippen LogP contribution in [-0.2, 0) is 16.4 Å². The summed E-state index contributed by atoms with van der Waals surface area (Å²) >= 11 is 0. The molecule has 0 unspecified atom stereocenters. The van der Waals surface area contributed by atoms with Crippen molar-refractivity contribution in [2.24, 2.45) is 0 Å². The Labute approximate surface area is 166 Å². The van der Waals surface area contributed by atoms with Gasteiger partial charge in [0.05, 0.1) is 19.1 Å². The van der Waals surface area contributed by atoms with E-state index in [2.05, 4.69) is 10.0 Å². The Morgan fingerprint density at radius 3 is 2.21 bits per heavy atom. The molecule has 0 fully saturated rings. The monoisotopic (exact) mass is 406 g/mol. The lowest BCUT2D eigenvalue weighted by Gasteiger charge is -2.11. The van der Waals surface area contributed by atoms with Gasteiger partial charge in [0.15, 0.2) is 11.5 Å². The Balaban J connectivity index is 1.94. The summed E-state index contributed by atoms with van der Waals surface area (Å²) in [6, 6.07) is 11.4. The lowest BCUT2D eigenvalue weighted by Crippen LogP contribution is -2.30. The fraction of sp³-hybridized carbons (Fsp3) is 0.350. The van der Waals surface area contributed by atoms with Crippen molar-refractivity contribution >= 4 is 15.9 Å². The van der Waals surface area contributed by atoms with Crippen molar-refractivity contribution in [3.8, 4) is 11.5 Å². The first-order valence-electron chi connectivity index (χ1n) is 8.88. The van der Waals surface area contributed by atoms with Gasteiger partial charge in [0, 0.05) is 18.2 Å². The summed E-state index contributed by atoms with van der Waals surface area (Å²) in [6.45, 7) is 3.96. The summed E-state index contributed by atoms with van der Waals surface area (Å²) in [5.41, 5.74) is 1.40. The highest BCUT2D eigenvalue weighted by molar-refractivity contribution is 7.89. The molecule has 0 bridgehead atoms. The average Bonchev–Trinajstić information content (AvgIpc) is 2.66. The zero-order valence-corrected chi connectivity index (χ0v) is 17.3. The molecule has 2 aromatic carbocycles. The molecule has 0 aromatic heterocycles. The number of hydrogen-bond donors (Lipinski definition) is 2. The molecule has 1 amide bonds. The van der Waals surface area contributed by atoms with Gasteiger partial charge >= 0.3 is 0 Å². The predicted octanol–water partition coefficient (Wildman–Crippen LogP) is 2.36. The standard InChI is InChI=1S/C20H26N2O5S/c1-14(2)22-28(24,25)17-8-5-15(6-9-17)11-12-21-20(23)16-7-10-18(26-3)19(13-16)27-4/h5-10,13-14,22H,11-12H2,1-4H3,(H,21,23). The van der Waals surface area contributed by atoms with Crippen LogP contribution in [0.15, 0.2) is 47.4 Å². The molecule has 152 valence electrons. The van der Waals surface area contributed by atoms with E-state index in [0.717, 1.165) is 5.56 Å². The summed E-state index contributed by atoms with van der Waals surface area (Å²) in [5, 5.41) is 2.84. The second-order valence-electron chi connectivity index (χ2n) is 6.50. The van der Waals surface area contributed by atoms with Crippen LogP contribution < -0.4 is 19.5 Å². The van der Waals surface area contributed by atoms with Crippen LogP contribution in [0.4, 0.5) is 0 Å². The van der Waals surface area contributed by atoms with Gasteiger partial charge in [-0.15, -0.1) is 0 Å². The lowest BCUT2D eigenvalue weighted by molar-refractivity contribution is 0.0953. The van der Waals surface area contributed by atoms with Gasteiger partial charge in [0.25, 0.3) is 5.91 Å². The van der Waals surface area contributed by atoms with Crippen LogP contribution in [-0.4, -0.2) is 41.1 Å². The van der Waals surface area contributed by atoms with Crippen molar-refractivity contribution in [3.63, 3.8) is 0 Å². The third-order valence-corrected chi connectivity index (χ3v) is 5.64. The second kappa shape index (κ2) is 9.57. The van der Waals surface area contributed by atoms with Gasteiger partial charge < -0.3 is 14.8 Å². The quantitative estimate of drug-likeness (QED) is 0.667. The summed E-state index contributed by atoms with van der Waals surface area (Å²) in [4.78, 5) is 12.5. The molecule has 0 spiro atoms. The zero-order valence-electron chi connectivity index (χ0n) is 16.5. The molecule has 7 nitrogen and oxygen atoms in total. The molecule has 0 saturated carbocycles. The molecule has 0 aliphatic rings. The third kappa shape index (κ3) is 5.71. The van der Waals surface area contributed by atoms with Gasteiger partial charge in [0.2, 0.25) is 10.0 Å². The van der Waals surface area contributed by atoms with Crippen molar-refractivity contribution in [2.45, 2.75) is 31.2 Å². The van der Waals surface area contributed by atoms with Gasteiger partial charge in [-0.2, -0.15) is 0 Å². The molecule has 0 aliphatic carbocycles. The topological polar surface area (TPSA) is 93.7 Å². The molecule has 2 N–H and O–H groups in total. The van der Waals surface area contributed by atoms with E-state index in [4.69, 9.17) is 9.47 Å². The average molecular weight is 407 g/mol. The van der Waals surface area contributed by atoms with E-state index in [1.54, 1.807) is 56.3 Å². The number of benzene rings is 2. The minimum atomic E-state index is -3.50. The Kier molecular flexibility index (Phi) is 7.42. The highest BCUT2D eigenvalue weighted by Gasteiger charge is 2.15. The molecule has 0 heterocycles. The van der Waals surface area contributed by atoms with Crippen LogP contribution in [0.1, 0.15) is 29.8 Å². The molecule has 28 heavy (non-hydrogen) atoms.